The summed E-state index contributed by atoms with van der Waals surface area (Å²) in [6.07, 6.45) is 3.49. The normalized spacial score (nSPS) is 22.9. The zero-order chi connectivity index (χ0) is 14.9. The van der Waals surface area contributed by atoms with Gasteiger partial charge in [-0.15, -0.1) is 0 Å². The maximum absolute atomic E-state index is 12.0. The number of carbonyl (C=O) groups is 1. The van der Waals surface area contributed by atoms with Crippen molar-refractivity contribution in [2.45, 2.75) is 38.0 Å². The van der Waals surface area contributed by atoms with Gasteiger partial charge in [0, 0.05) is 23.3 Å². The number of aryl methyl sites for hydroxylation is 1. The first-order valence-corrected chi connectivity index (χ1v) is 8.93. The molecule has 1 aliphatic rings. The molecule has 2 rings (SSSR count). The smallest absolute Gasteiger partial charge is 0.287 e. The maximum Gasteiger partial charge on any atom is 0.287 e. The van der Waals surface area contributed by atoms with Crippen molar-refractivity contribution in [1.29, 1.82) is 0 Å². The summed E-state index contributed by atoms with van der Waals surface area (Å²) in [7, 11) is 1.38. The van der Waals surface area contributed by atoms with Gasteiger partial charge in [0.2, 0.25) is 0 Å². The van der Waals surface area contributed by atoms with Gasteiger partial charge >= 0.3 is 0 Å². The predicted octanol–water partition coefficient (Wildman–Crippen LogP) is 2.68. The summed E-state index contributed by atoms with van der Waals surface area (Å²) in [5, 5.41) is 2.79. The molecular weight excluding hydrogens is 302 g/mol. The Kier molecular flexibility index (Phi) is 4.44. The second-order valence-corrected chi connectivity index (χ2v) is 7.88. The standard InChI is InChI=1S/C13H18ClNO4S/c1-8-4-3-5-10(8)7-15-13(16)11-6-12(9(2)19-11)20(14,17)18/h6,8,10H,3-5,7H2,1-2H3,(H,15,16). The van der Waals surface area contributed by atoms with Crippen LogP contribution in [0.2, 0.25) is 0 Å². The Morgan fingerprint density at radius 2 is 2.20 bits per heavy atom. The van der Waals surface area contributed by atoms with Gasteiger partial charge in [-0.1, -0.05) is 19.8 Å². The molecule has 5 nitrogen and oxygen atoms in total. The molecule has 1 fully saturated rings. The molecule has 1 amide bonds. The van der Waals surface area contributed by atoms with Crippen LogP contribution in [0.1, 0.15) is 42.5 Å². The quantitative estimate of drug-likeness (QED) is 0.866. The molecule has 0 spiro atoms. The largest absolute Gasteiger partial charge is 0.455 e. The van der Waals surface area contributed by atoms with E-state index in [9.17, 15) is 13.2 Å². The van der Waals surface area contributed by atoms with E-state index in [1.807, 2.05) is 0 Å². The molecule has 0 radical (unpaired) electrons. The van der Waals surface area contributed by atoms with E-state index in [-0.39, 0.29) is 16.4 Å². The minimum Gasteiger partial charge on any atom is -0.455 e. The Morgan fingerprint density at radius 3 is 2.70 bits per heavy atom. The summed E-state index contributed by atoms with van der Waals surface area (Å²) in [6.45, 7) is 4.23. The Labute approximate surface area is 123 Å². The van der Waals surface area contributed by atoms with Gasteiger partial charge in [0.25, 0.3) is 15.0 Å². The zero-order valence-corrected chi connectivity index (χ0v) is 13.1. The Balaban J connectivity index is 2.03. The van der Waals surface area contributed by atoms with Gasteiger partial charge in [0.05, 0.1) is 0 Å². The van der Waals surface area contributed by atoms with Gasteiger partial charge in [-0.25, -0.2) is 8.42 Å². The summed E-state index contributed by atoms with van der Waals surface area (Å²) in [5.74, 6) is 0.782. The van der Waals surface area contributed by atoms with Crippen LogP contribution in [0, 0.1) is 18.8 Å². The summed E-state index contributed by atoms with van der Waals surface area (Å²) in [5.41, 5.74) is 0. The highest BCUT2D eigenvalue weighted by Gasteiger charge is 2.25. The zero-order valence-electron chi connectivity index (χ0n) is 11.5. The van der Waals surface area contributed by atoms with Gasteiger partial charge in [-0.3, -0.25) is 4.79 Å². The lowest BCUT2D eigenvalue weighted by Crippen LogP contribution is -2.30. The van der Waals surface area contributed by atoms with Crippen molar-refractivity contribution < 1.29 is 17.6 Å². The van der Waals surface area contributed by atoms with E-state index in [1.165, 1.54) is 25.8 Å². The van der Waals surface area contributed by atoms with Crippen molar-refractivity contribution in [3.8, 4) is 0 Å². The molecule has 2 unspecified atom stereocenters. The van der Waals surface area contributed by atoms with Crippen LogP contribution in [-0.4, -0.2) is 20.9 Å². The fourth-order valence-corrected chi connectivity index (χ4v) is 3.75. The lowest BCUT2D eigenvalue weighted by atomic mass is 9.98. The number of hydrogen-bond acceptors (Lipinski definition) is 4. The van der Waals surface area contributed by atoms with Gasteiger partial charge in [-0.05, 0) is 25.2 Å². The molecule has 0 aliphatic heterocycles. The number of nitrogens with one attached hydrogen (secondary N) is 1. The summed E-state index contributed by atoms with van der Waals surface area (Å²) >= 11 is 0. The molecule has 0 saturated heterocycles. The highest BCUT2D eigenvalue weighted by Crippen LogP contribution is 2.30. The van der Waals surface area contributed by atoms with Crippen LogP contribution in [0.5, 0.6) is 0 Å². The van der Waals surface area contributed by atoms with Crippen LogP contribution in [0.3, 0.4) is 0 Å². The van der Waals surface area contributed by atoms with E-state index in [2.05, 4.69) is 12.2 Å². The predicted molar refractivity (Wildman–Crippen MR) is 75.3 cm³/mol. The highest BCUT2D eigenvalue weighted by atomic mass is 35.7. The van der Waals surface area contributed by atoms with Gasteiger partial charge in [0.1, 0.15) is 10.7 Å². The van der Waals surface area contributed by atoms with E-state index in [1.54, 1.807) is 0 Å². The number of rotatable bonds is 4. The molecule has 7 heteroatoms. The molecule has 1 aromatic heterocycles. The lowest BCUT2D eigenvalue weighted by Gasteiger charge is -2.15. The van der Waals surface area contributed by atoms with Crippen molar-refractivity contribution in [1.82, 2.24) is 5.32 Å². The third kappa shape index (κ3) is 3.35. The van der Waals surface area contributed by atoms with Crippen molar-refractivity contribution in [2.75, 3.05) is 6.54 Å². The van der Waals surface area contributed by atoms with Crippen LogP contribution in [-0.2, 0) is 9.05 Å². The first kappa shape index (κ1) is 15.4. The van der Waals surface area contributed by atoms with E-state index in [0.29, 0.717) is 18.4 Å². The number of carbonyl (C=O) groups excluding carboxylic acids is 1. The van der Waals surface area contributed by atoms with Gasteiger partial charge in [-0.2, -0.15) is 0 Å². The molecule has 1 heterocycles. The second kappa shape index (κ2) is 5.77. The Hall–Kier alpha value is -1.01. The van der Waals surface area contributed by atoms with Crippen molar-refractivity contribution in [3.63, 3.8) is 0 Å². The number of halogens is 1. The SMILES string of the molecule is Cc1oc(C(=O)NCC2CCCC2C)cc1S(=O)(=O)Cl. The van der Waals surface area contributed by atoms with Crippen LogP contribution >= 0.6 is 10.7 Å². The molecule has 1 aromatic rings. The van der Waals surface area contributed by atoms with Crippen molar-refractivity contribution in [2.24, 2.45) is 11.8 Å². The molecule has 2 atom stereocenters. The van der Waals surface area contributed by atoms with E-state index >= 15 is 0 Å². The first-order chi connectivity index (χ1) is 9.29. The molecule has 0 aromatic carbocycles. The molecule has 20 heavy (non-hydrogen) atoms. The van der Waals surface area contributed by atoms with Crippen LogP contribution in [0.4, 0.5) is 0 Å². The fourth-order valence-electron chi connectivity index (χ4n) is 2.66. The second-order valence-electron chi connectivity index (χ2n) is 5.35. The fraction of sp³-hybridized carbons (Fsp3) is 0.615. The van der Waals surface area contributed by atoms with Crippen LogP contribution < -0.4 is 5.32 Å². The van der Waals surface area contributed by atoms with E-state index in [0.717, 1.165) is 6.42 Å². The molecule has 112 valence electrons. The maximum atomic E-state index is 12.0. The Bertz CT molecular complexity index is 608. The minimum absolute atomic E-state index is 0.0209. The number of amides is 1. The molecular formula is C13H18ClNO4S. The van der Waals surface area contributed by atoms with Gasteiger partial charge < -0.3 is 9.73 Å². The minimum atomic E-state index is -3.89. The van der Waals surface area contributed by atoms with Crippen molar-refractivity contribution in [3.05, 3.63) is 17.6 Å². The monoisotopic (exact) mass is 319 g/mol. The lowest BCUT2D eigenvalue weighted by molar-refractivity contribution is 0.0915. The number of furan rings is 1. The van der Waals surface area contributed by atoms with E-state index in [4.69, 9.17) is 15.1 Å². The summed E-state index contributed by atoms with van der Waals surface area (Å²) in [6, 6.07) is 1.17. The van der Waals surface area contributed by atoms with Crippen LogP contribution in [0.15, 0.2) is 15.4 Å². The third-order valence-electron chi connectivity index (χ3n) is 3.92. The first-order valence-electron chi connectivity index (χ1n) is 6.62. The van der Waals surface area contributed by atoms with E-state index < -0.39 is 15.0 Å². The van der Waals surface area contributed by atoms with Crippen LogP contribution in [0.25, 0.3) is 0 Å². The summed E-state index contributed by atoms with van der Waals surface area (Å²) < 4.78 is 27.7. The van der Waals surface area contributed by atoms with Crippen molar-refractivity contribution >= 4 is 25.6 Å². The Morgan fingerprint density at radius 1 is 1.50 bits per heavy atom. The molecule has 1 N–H and O–H groups in total. The average molecular weight is 320 g/mol. The summed E-state index contributed by atoms with van der Waals surface area (Å²) in [4.78, 5) is 11.8. The third-order valence-corrected chi connectivity index (χ3v) is 5.35. The number of hydrogen-bond donors (Lipinski definition) is 1. The highest BCUT2D eigenvalue weighted by molar-refractivity contribution is 8.13. The molecule has 0 bridgehead atoms. The molecule has 1 aliphatic carbocycles. The van der Waals surface area contributed by atoms with Gasteiger partial charge in [0.15, 0.2) is 5.76 Å². The topological polar surface area (TPSA) is 76.4 Å². The molecule has 1 saturated carbocycles. The average Bonchev–Trinajstić information content (AvgIpc) is 2.92.